The van der Waals surface area contributed by atoms with Crippen LogP contribution in [-0.2, 0) is 9.47 Å². The lowest BCUT2D eigenvalue weighted by Gasteiger charge is -2.41. The Hall–Kier alpha value is -3.73. The number of piperazine rings is 1. The normalized spacial score (nSPS) is 22.5. The predicted octanol–water partition coefficient (Wildman–Crippen LogP) is 3.75. The Kier molecular flexibility index (Phi) is 9.56. The fourth-order valence-electron chi connectivity index (χ4n) is 6.30. The van der Waals surface area contributed by atoms with Crippen LogP contribution < -0.4 is 10.6 Å². The topological polar surface area (TPSA) is 118 Å². The van der Waals surface area contributed by atoms with Gasteiger partial charge in [-0.25, -0.2) is 9.78 Å². The first-order valence-corrected chi connectivity index (χ1v) is 14.7. The average Bonchev–Trinajstić information content (AvgIpc) is 3.46. The number of ether oxygens (including phenoxy) is 2. The zero-order valence-corrected chi connectivity index (χ0v) is 24.4. The standard InChI is InChI=1S/C32H41N5O5/c1-41-21-32(40)16-7-6-10-27(32)37-22-35-28(29(37)23-8-4-3-5-9-23)30(38)36-19-18-33-20-26(36)15-17-34-25-13-11-24(12-14-25)31(39)42-2/h3-5,8-9,11-14,22,26-27,33-34,40H,6-7,10,15-21H2,1-2H3/t26-,27-,32-/m1/s1. The minimum Gasteiger partial charge on any atom is -0.465 e. The van der Waals surface area contributed by atoms with E-state index in [0.29, 0.717) is 43.9 Å². The molecule has 42 heavy (non-hydrogen) atoms. The Labute approximate surface area is 247 Å². The van der Waals surface area contributed by atoms with Crippen molar-refractivity contribution in [3.63, 3.8) is 0 Å². The first kappa shape index (κ1) is 29.8. The monoisotopic (exact) mass is 575 g/mol. The van der Waals surface area contributed by atoms with Crippen molar-refractivity contribution in [3.8, 4) is 11.3 Å². The molecule has 3 N–H and O–H groups in total. The van der Waals surface area contributed by atoms with Crippen LogP contribution in [0.25, 0.3) is 11.3 Å². The van der Waals surface area contributed by atoms with Crippen molar-refractivity contribution in [1.82, 2.24) is 19.8 Å². The van der Waals surface area contributed by atoms with E-state index in [2.05, 4.69) is 10.6 Å². The van der Waals surface area contributed by atoms with Gasteiger partial charge in [-0.3, -0.25) is 4.79 Å². The minimum atomic E-state index is -1.03. The third-order valence-corrected chi connectivity index (χ3v) is 8.45. The minimum absolute atomic E-state index is 0.0260. The van der Waals surface area contributed by atoms with E-state index in [9.17, 15) is 14.7 Å². The van der Waals surface area contributed by atoms with Crippen molar-refractivity contribution in [3.05, 3.63) is 72.2 Å². The molecule has 2 aromatic carbocycles. The lowest BCUT2D eigenvalue weighted by atomic mass is 9.80. The molecule has 1 saturated heterocycles. The van der Waals surface area contributed by atoms with E-state index in [4.69, 9.17) is 14.5 Å². The second-order valence-electron chi connectivity index (χ2n) is 11.2. The smallest absolute Gasteiger partial charge is 0.337 e. The number of nitrogens with zero attached hydrogens (tertiary/aromatic N) is 3. The fourth-order valence-corrected chi connectivity index (χ4v) is 6.30. The summed E-state index contributed by atoms with van der Waals surface area (Å²) in [4.78, 5) is 32.6. The summed E-state index contributed by atoms with van der Waals surface area (Å²) in [6.45, 7) is 2.86. The van der Waals surface area contributed by atoms with Gasteiger partial charge in [0.05, 0.1) is 37.3 Å². The zero-order valence-electron chi connectivity index (χ0n) is 24.4. The van der Waals surface area contributed by atoms with Gasteiger partial charge in [-0.15, -0.1) is 0 Å². The Balaban J connectivity index is 1.37. The number of nitrogens with one attached hydrogen (secondary N) is 2. The van der Waals surface area contributed by atoms with E-state index in [-0.39, 0.29) is 30.6 Å². The summed E-state index contributed by atoms with van der Waals surface area (Å²) < 4.78 is 12.2. The van der Waals surface area contributed by atoms with Crippen LogP contribution >= 0.6 is 0 Å². The van der Waals surface area contributed by atoms with Gasteiger partial charge < -0.3 is 34.7 Å². The molecule has 0 spiro atoms. The van der Waals surface area contributed by atoms with Gasteiger partial charge in [0.15, 0.2) is 5.69 Å². The number of carbonyl (C=O) groups is 2. The number of amides is 1. The molecule has 2 aliphatic rings. The molecule has 224 valence electrons. The molecule has 0 radical (unpaired) electrons. The highest BCUT2D eigenvalue weighted by molar-refractivity contribution is 5.98. The molecule has 1 aromatic heterocycles. The Morgan fingerprint density at radius 2 is 1.90 bits per heavy atom. The van der Waals surface area contributed by atoms with Crippen molar-refractivity contribution in [2.75, 3.05) is 52.3 Å². The van der Waals surface area contributed by atoms with E-state index >= 15 is 0 Å². The van der Waals surface area contributed by atoms with Crippen LogP contribution in [0, 0.1) is 0 Å². The van der Waals surface area contributed by atoms with Crippen molar-refractivity contribution in [2.45, 2.75) is 49.8 Å². The molecular formula is C32H41N5O5. The molecule has 1 aliphatic carbocycles. The number of methoxy groups -OCH3 is 2. The van der Waals surface area contributed by atoms with E-state index in [1.807, 2.05) is 51.9 Å². The highest BCUT2D eigenvalue weighted by Crippen LogP contribution is 2.41. The highest BCUT2D eigenvalue weighted by atomic mass is 16.5. The second kappa shape index (κ2) is 13.5. The number of carbonyl (C=O) groups excluding carboxylic acids is 2. The molecule has 10 heteroatoms. The van der Waals surface area contributed by atoms with Gasteiger partial charge in [-0.05, 0) is 43.5 Å². The Morgan fingerprint density at radius 1 is 1.12 bits per heavy atom. The van der Waals surface area contributed by atoms with Gasteiger partial charge in [0.25, 0.3) is 5.91 Å². The van der Waals surface area contributed by atoms with Crippen molar-refractivity contribution in [2.24, 2.45) is 0 Å². The summed E-state index contributed by atoms with van der Waals surface area (Å²) >= 11 is 0. The molecule has 5 rings (SSSR count). The van der Waals surface area contributed by atoms with E-state index < -0.39 is 5.60 Å². The summed E-state index contributed by atoms with van der Waals surface area (Å²) in [7, 11) is 2.98. The van der Waals surface area contributed by atoms with Crippen LogP contribution in [0.1, 0.15) is 59.0 Å². The summed E-state index contributed by atoms with van der Waals surface area (Å²) in [6, 6.07) is 16.7. The molecule has 0 unspecified atom stereocenters. The van der Waals surface area contributed by atoms with Crippen LogP contribution in [0.4, 0.5) is 5.69 Å². The summed E-state index contributed by atoms with van der Waals surface area (Å²) in [5.74, 6) is -0.471. The maximum atomic E-state index is 14.2. The zero-order chi connectivity index (χ0) is 29.5. The molecule has 2 fully saturated rings. The third-order valence-electron chi connectivity index (χ3n) is 8.45. The number of aliphatic hydroxyl groups is 1. The van der Waals surface area contributed by atoms with Gasteiger partial charge in [-0.1, -0.05) is 43.2 Å². The largest absolute Gasteiger partial charge is 0.465 e. The number of esters is 1. The second-order valence-corrected chi connectivity index (χ2v) is 11.2. The Bertz CT molecular complexity index is 1340. The Morgan fingerprint density at radius 3 is 2.64 bits per heavy atom. The van der Waals surface area contributed by atoms with Crippen molar-refractivity contribution in [1.29, 1.82) is 0 Å². The molecule has 1 saturated carbocycles. The molecule has 0 bridgehead atoms. The van der Waals surface area contributed by atoms with E-state index in [1.54, 1.807) is 25.6 Å². The van der Waals surface area contributed by atoms with Crippen LogP contribution in [0.2, 0.25) is 0 Å². The fraction of sp³-hybridized carbons (Fsp3) is 0.469. The maximum Gasteiger partial charge on any atom is 0.337 e. The molecule has 1 amide bonds. The molecular weight excluding hydrogens is 534 g/mol. The SMILES string of the molecule is COC[C@]1(O)CCCC[C@H]1n1cnc(C(=O)N2CCNC[C@H]2CCNc2ccc(C(=O)OC)cc2)c1-c1ccccc1. The van der Waals surface area contributed by atoms with Crippen LogP contribution in [0.15, 0.2) is 60.9 Å². The van der Waals surface area contributed by atoms with Gasteiger partial charge in [0.2, 0.25) is 0 Å². The predicted molar refractivity (Wildman–Crippen MR) is 161 cm³/mol. The lowest BCUT2D eigenvalue weighted by Crippen LogP contribution is -2.54. The van der Waals surface area contributed by atoms with E-state index in [1.165, 1.54) is 7.11 Å². The molecule has 2 heterocycles. The average molecular weight is 576 g/mol. The van der Waals surface area contributed by atoms with Gasteiger partial charge in [0.1, 0.15) is 5.60 Å². The number of hydrogen-bond acceptors (Lipinski definition) is 8. The summed E-state index contributed by atoms with van der Waals surface area (Å²) in [6.07, 6.45) is 5.80. The first-order chi connectivity index (χ1) is 20.4. The number of hydrogen-bond donors (Lipinski definition) is 3. The first-order valence-electron chi connectivity index (χ1n) is 14.7. The summed E-state index contributed by atoms with van der Waals surface area (Å²) in [5.41, 5.74) is 2.40. The van der Waals surface area contributed by atoms with Gasteiger partial charge in [0, 0.05) is 50.6 Å². The van der Waals surface area contributed by atoms with Gasteiger partial charge in [-0.2, -0.15) is 0 Å². The van der Waals surface area contributed by atoms with Crippen molar-refractivity contribution >= 4 is 17.6 Å². The number of imidazole rings is 1. The number of anilines is 1. The van der Waals surface area contributed by atoms with Crippen LogP contribution in [0.5, 0.6) is 0 Å². The number of rotatable bonds is 10. The summed E-state index contributed by atoms with van der Waals surface area (Å²) in [5, 5.41) is 18.5. The lowest BCUT2D eigenvalue weighted by molar-refractivity contribution is -0.0893. The third kappa shape index (κ3) is 6.35. The van der Waals surface area contributed by atoms with E-state index in [0.717, 1.165) is 42.6 Å². The molecule has 3 aromatic rings. The van der Waals surface area contributed by atoms with Crippen LogP contribution in [-0.4, -0.2) is 90.1 Å². The highest BCUT2D eigenvalue weighted by Gasteiger charge is 2.42. The number of aromatic nitrogens is 2. The molecule has 10 nitrogen and oxygen atoms in total. The van der Waals surface area contributed by atoms with Crippen molar-refractivity contribution < 1.29 is 24.2 Å². The molecule has 3 atom stereocenters. The van der Waals surface area contributed by atoms with Gasteiger partial charge >= 0.3 is 5.97 Å². The maximum absolute atomic E-state index is 14.2. The number of benzene rings is 2. The van der Waals surface area contributed by atoms with Crippen LogP contribution in [0.3, 0.4) is 0 Å². The quantitative estimate of drug-likeness (QED) is 0.313. The molecule has 1 aliphatic heterocycles.